The summed E-state index contributed by atoms with van der Waals surface area (Å²) in [5.74, 6) is 0. The highest BCUT2D eigenvalue weighted by Crippen LogP contribution is 2.31. The number of anilines is 1. The van der Waals surface area contributed by atoms with Gasteiger partial charge in [-0.2, -0.15) is 0 Å². The lowest BCUT2D eigenvalue weighted by Gasteiger charge is -2.37. The number of rotatable bonds is 4. The van der Waals surface area contributed by atoms with Gasteiger partial charge in [-0.3, -0.25) is 0 Å². The van der Waals surface area contributed by atoms with E-state index in [4.69, 9.17) is 11.6 Å². The third kappa shape index (κ3) is 3.66. The van der Waals surface area contributed by atoms with Crippen molar-refractivity contribution in [3.63, 3.8) is 0 Å². The van der Waals surface area contributed by atoms with Crippen LogP contribution in [0.4, 0.5) is 5.69 Å². The molecule has 1 unspecified atom stereocenters. The molecule has 1 aliphatic heterocycles. The fraction of sp³-hybridized carbons (Fsp3) is 0.625. The Morgan fingerprint density at radius 2 is 2.05 bits per heavy atom. The molecule has 3 nitrogen and oxygen atoms in total. The van der Waals surface area contributed by atoms with Crippen molar-refractivity contribution in [1.29, 1.82) is 0 Å². The molecule has 2 N–H and O–H groups in total. The van der Waals surface area contributed by atoms with E-state index in [0.29, 0.717) is 0 Å². The monoisotopic (exact) mass is 296 g/mol. The largest absolute Gasteiger partial charge is 0.390 e. The standard InChI is InChI=1S/C16H25ClN2O/c1-4-18-12(2)14-6-5-13(11-15(14)17)19-9-7-16(3,20)8-10-19/h5-6,11-12,18,20H,4,7-10H2,1-3H3. The summed E-state index contributed by atoms with van der Waals surface area (Å²) in [5, 5.41) is 14.2. The van der Waals surface area contributed by atoms with E-state index in [9.17, 15) is 5.11 Å². The lowest BCUT2D eigenvalue weighted by molar-refractivity contribution is 0.0351. The summed E-state index contributed by atoms with van der Waals surface area (Å²) in [6.45, 7) is 8.83. The average Bonchev–Trinajstić information content (AvgIpc) is 2.38. The maximum Gasteiger partial charge on any atom is 0.0653 e. The average molecular weight is 297 g/mol. The van der Waals surface area contributed by atoms with Crippen LogP contribution in [0.5, 0.6) is 0 Å². The number of benzene rings is 1. The zero-order valence-electron chi connectivity index (χ0n) is 12.6. The smallest absolute Gasteiger partial charge is 0.0653 e. The van der Waals surface area contributed by atoms with E-state index in [-0.39, 0.29) is 6.04 Å². The van der Waals surface area contributed by atoms with Gasteiger partial charge >= 0.3 is 0 Å². The molecule has 1 aromatic carbocycles. The second kappa shape index (κ2) is 6.33. The highest BCUT2D eigenvalue weighted by atomic mass is 35.5. The minimum absolute atomic E-state index is 0.267. The van der Waals surface area contributed by atoms with Gasteiger partial charge in [-0.15, -0.1) is 0 Å². The minimum Gasteiger partial charge on any atom is -0.390 e. The van der Waals surface area contributed by atoms with Crippen molar-refractivity contribution in [3.05, 3.63) is 28.8 Å². The van der Waals surface area contributed by atoms with Gasteiger partial charge in [-0.05, 0) is 50.9 Å². The Balaban J connectivity index is 2.09. The maximum absolute atomic E-state index is 10.0. The number of nitrogens with one attached hydrogen (secondary N) is 1. The lowest BCUT2D eigenvalue weighted by Crippen LogP contribution is -2.42. The third-order valence-electron chi connectivity index (χ3n) is 4.17. The second-order valence-electron chi connectivity index (χ2n) is 5.97. The van der Waals surface area contributed by atoms with Crippen LogP contribution in [0.1, 0.15) is 45.2 Å². The Labute approximate surface area is 126 Å². The number of halogens is 1. The predicted molar refractivity (Wildman–Crippen MR) is 85.6 cm³/mol. The molecule has 0 amide bonds. The van der Waals surface area contributed by atoms with E-state index in [1.54, 1.807) is 0 Å². The molecule has 1 saturated heterocycles. The zero-order chi connectivity index (χ0) is 14.8. The molecule has 0 saturated carbocycles. The molecular weight excluding hydrogens is 272 g/mol. The second-order valence-corrected chi connectivity index (χ2v) is 6.38. The predicted octanol–water partition coefficient (Wildman–Crippen LogP) is 3.36. The Morgan fingerprint density at radius 3 is 2.60 bits per heavy atom. The molecule has 0 aromatic heterocycles. The molecule has 1 fully saturated rings. The fourth-order valence-electron chi connectivity index (χ4n) is 2.73. The first kappa shape index (κ1) is 15.6. The Kier molecular flexibility index (Phi) is 4.95. The van der Waals surface area contributed by atoms with E-state index in [2.05, 4.69) is 36.2 Å². The molecule has 1 atom stereocenters. The first-order chi connectivity index (χ1) is 9.43. The van der Waals surface area contributed by atoms with Gasteiger partial charge in [0.15, 0.2) is 0 Å². The molecule has 20 heavy (non-hydrogen) atoms. The van der Waals surface area contributed by atoms with Crippen LogP contribution in [-0.2, 0) is 0 Å². The summed E-state index contributed by atoms with van der Waals surface area (Å²) in [7, 11) is 0. The molecule has 0 aliphatic carbocycles. The van der Waals surface area contributed by atoms with Gasteiger partial charge in [0.05, 0.1) is 5.60 Å². The van der Waals surface area contributed by atoms with Gasteiger partial charge in [-0.25, -0.2) is 0 Å². The highest BCUT2D eigenvalue weighted by molar-refractivity contribution is 6.31. The van der Waals surface area contributed by atoms with Crippen LogP contribution in [0.3, 0.4) is 0 Å². The van der Waals surface area contributed by atoms with Crippen molar-refractivity contribution in [2.45, 2.75) is 45.3 Å². The number of hydrogen-bond donors (Lipinski definition) is 2. The van der Waals surface area contributed by atoms with Crippen molar-refractivity contribution in [2.75, 3.05) is 24.5 Å². The van der Waals surface area contributed by atoms with Gasteiger partial charge in [0, 0.05) is 29.8 Å². The molecule has 0 spiro atoms. The van der Waals surface area contributed by atoms with Crippen LogP contribution in [0.15, 0.2) is 18.2 Å². The van der Waals surface area contributed by atoms with Gasteiger partial charge < -0.3 is 15.3 Å². The Bertz CT molecular complexity index is 452. The van der Waals surface area contributed by atoms with Crippen LogP contribution < -0.4 is 10.2 Å². The lowest BCUT2D eigenvalue weighted by atomic mass is 9.93. The molecule has 1 aromatic rings. The zero-order valence-corrected chi connectivity index (χ0v) is 13.4. The van der Waals surface area contributed by atoms with Crippen molar-refractivity contribution >= 4 is 17.3 Å². The summed E-state index contributed by atoms with van der Waals surface area (Å²) >= 11 is 6.42. The molecule has 1 aliphatic rings. The molecule has 4 heteroatoms. The Hall–Kier alpha value is -0.770. The number of piperidine rings is 1. The normalized spacial score (nSPS) is 19.9. The van der Waals surface area contributed by atoms with E-state index in [1.165, 1.54) is 0 Å². The van der Waals surface area contributed by atoms with Gasteiger partial charge in [0.1, 0.15) is 0 Å². The van der Waals surface area contributed by atoms with Gasteiger partial charge in [-0.1, -0.05) is 24.6 Å². The number of hydrogen-bond acceptors (Lipinski definition) is 3. The van der Waals surface area contributed by atoms with Crippen LogP contribution in [-0.4, -0.2) is 30.3 Å². The summed E-state index contributed by atoms with van der Waals surface area (Å²) in [5.41, 5.74) is 1.78. The van der Waals surface area contributed by atoms with Crippen molar-refractivity contribution in [2.24, 2.45) is 0 Å². The quantitative estimate of drug-likeness (QED) is 0.894. The van der Waals surface area contributed by atoms with E-state index < -0.39 is 5.60 Å². The number of nitrogens with zero attached hydrogens (tertiary/aromatic N) is 1. The summed E-state index contributed by atoms with van der Waals surface area (Å²) < 4.78 is 0. The molecule has 2 rings (SSSR count). The van der Waals surface area contributed by atoms with E-state index in [0.717, 1.165) is 48.7 Å². The van der Waals surface area contributed by atoms with Crippen LogP contribution in [0.25, 0.3) is 0 Å². The van der Waals surface area contributed by atoms with Gasteiger partial charge in [0.25, 0.3) is 0 Å². The Morgan fingerprint density at radius 1 is 1.40 bits per heavy atom. The minimum atomic E-state index is -0.514. The van der Waals surface area contributed by atoms with Crippen molar-refractivity contribution in [3.8, 4) is 0 Å². The fourth-order valence-corrected chi connectivity index (χ4v) is 3.07. The first-order valence-corrected chi connectivity index (χ1v) is 7.81. The number of aliphatic hydroxyl groups is 1. The highest BCUT2D eigenvalue weighted by Gasteiger charge is 2.27. The van der Waals surface area contributed by atoms with E-state index >= 15 is 0 Å². The van der Waals surface area contributed by atoms with Crippen LogP contribution in [0.2, 0.25) is 5.02 Å². The SMILES string of the molecule is CCNC(C)c1ccc(N2CCC(C)(O)CC2)cc1Cl. The summed E-state index contributed by atoms with van der Waals surface area (Å²) in [4.78, 5) is 2.30. The molecule has 1 heterocycles. The summed E-state index contributed by atoms with van der Waals surface area (Å²) in [6.07, 6.45) is 1.61. The summed E-state index contributed by atoms with van der Waals surface area (Å²) in [6, 6.07) is 6.56. The van der Waals surface area contributed by atoms with Crippen LogP contribution in [0, 0.1) is 0 Å². The topological polar surface area (TPSA) is 35.5 Å². The van der Waals surface area contributed by atoms with Crippen LogP contribution >= 0.6 is 11.6 Å². The van der Waals surface area contributed by atoms with Crippen molar-refractivity contribution in [1.82, 2.24) is 5.32 Å². The first-order valence-electron chi connectivity index (χ1n) is 7.43. The molecule has 0 radical (unpaired) electrons. The van der Waals surface area contributed by atoms with Crippen molar-refractivity contribution < 1.29 is 5.11 Å². The molecular formula is C16H25ClN2O. The maximum atomic E-state index is 10.0. The molecule has 0 bridgehead atoms. The molecule has 112 valence electrons. The van der Waals surface area contributed by atoms with Gasteiger partial charge in [0.2, 0.25) is 0 Å². The van der Waals surface area contributed by atoms with E-state index in [1.807, 2.05) is 13.0 Å². The third-order valence-corrected chi connectivity index (χ3v) is 4.49.